The van der Waals surface area contributed by atoms with Crippen LogP contribution in [0.15, 0.2) is 18.3 Å². The van der Waals surface area contributed by atoms with Crippen molar-refractivity contribution in [2.24, 2.45) is 5.73 Å². The van der Waals surface area contributed by atoms with Crippen LogP contribution in [0.25, 0.3) is 0 Å². The molecule has 1 aromatic rings. The Kier molecular flexibility index (Phi) is 4.24. The molecule has 0 saturated heterocycles. The number of anilines is 1. The molecule has 1 rings (SSSR count). The Balaban J connectivity index is 2.44. The van der Waals surface area contributed by atoms with E-state index in [0.29, 0.717) is 18.7 Å². The Morgan fingerprint density at radius 3 is 3.00 bits per heavy atom. The van der Waals surface area contributed by atoms with Crippen molar-refractivity contribution in [3.63, 3.8) is 0 Å². The second-order valence-electron chi connectivity index (χ2n) is 3.78. The van der Waals surface area contributed by atoms with Crippen molar-refractivity contribution in [2.45, 2.75) is 32.7 Å². The summed E-state index contributed by atoms with van der Waals surface area (Å²) in [6.07, 6.45) is 2.81. The fourth-order valence-electron chi connectivity index (χ4n) is 1.17. The number of hydrogen-bond donors (Lipinski definition) is 2. The van der Waals surface area contributed by atoms with Gasteiger partial charge in [0.15, 0.2) is 0 Å². The van der Waals surface area contributed by atoms with Gasteiger partial charge in [0.2, 0.25) is 5.91 Å². The summed E-state index contributed by atoms with van der Waals surface area (Å²) >= 11 is 0. The van der Waals surface area contributed by atoms with E-state index in [4.69, 9.17) is 5.73 Å². The first-order valence-electron chi connectivity index (χ1n) is 5.06. The summed E-state index contributed by atoms with van der Waals surface area (Å²) in [6.45, 7) is 3.84. The zero-order valence-electron chi connectivity index (χ0n) is 9.16. The molecule has 3 N–H and O–H groups in total. The van der Waals surface area contributed by atoms with Gasteiger partial charge in [0.25, 0.3) is 0 Å². The van der Waals surface area contributed by atoms with Crippen LogP contribution in [0.3, 0.4) is 0 Å². The van der Waals surface area contributed by atoms with E-state index in [2.05, 4.69) is 10.3 Å². The maximum absolute atomic E-state index is 11.4. The Morgan fingerprint density at radius 2 is 2.40 bits per heavy atom. The van der Waals surface area contributed by atoms with E-state index in [1.54, 1.807) is 6.20 Å². The maximum atomic E-state index is 11.4. The molecule has 0 aliphatic heterocycles. The summed E-state index contributed by atoms with van der Waals surface area (Å²) in [4.78, 5) is 15.5. The van der Waals surface area contributed by atoms with Crippen molar-refractivity contribution in [3.8, 4) is 0 Å². The minimum atomic E-state index is -0.0367. The van der Waals surface area contributed by atoms with Gasteiger partial charge in [-0.05, 0) is 38.0 Å². The smallest absolute Gasteiger partial charge is 0.225 e. The average Bonchev–Trinajstić information content (AvgIpc) is 2.15. The highest BCUT2D eigenvalue weighted by Crippen LogP contribution is 2.06. The molecule has 1 amide bonds. The number of hydrogen-bond acceptors (Lipinski definition) is 3. The predicted octanol–water partition coefficient (Wildman–Crippen LogP) is 1.46. The van der Waals surface area contributed by atoms with Gasteiger partial charge in [0, 0.05) is 18.7 Å². The molecule has 4 heteroatoms. The number of nitrogens with zero attached hydrogens (tertiary/aromatic N) is 1. The second-order valence-corrected chi connectivity index (χ2v) is 3.78. The summed E-state index contributed by atoms with van der Waals surface area (Å²) in [5.41, 5.74) is 6.64. The van der Waals surface area contributed by atoms with Gasteiger partial charge in [-0.2, -0.15) is 0 Å². The van der Waals surface area contributed by atoms with Crippen LogP contribution in [0.1, 0.15) is 25.3 Å². The summed E-state index contributed by atoms with van der Waals surface area (Å²) in [6, 6.07) is 3.78. The Hall–Kier alpha value is -1.42. The van der Waals surface area contributed by atoms with Crippen molar-refractivity contribution in [2.75, 3.05) is 5.32 Å². The number of nitrogens with one attached hydrogen (secondary N) is 1. The molecule has 0 radical (unpaired) electrons. The molecule has 0 aliphatic carbocycles. The lowest BCUT2D eigenvalue weighted by Gasteiger charge is -2.06. The third kappa shape index (κ3) is 4.56. The van der Waals surface area contributed by atoms with Gasteiger partial charge in [0.05, 0.1) is 0 Å². The molecule has 0 aliphatic rings. The van der Waals surface area contributed by atoms with Gasteiger partial charge >= 0.3 is 0 Å². The number of nitrogens with two attached hydrogens (primary N) is 1. The van der Waals surface area contributed by atoms with Crippen LogP contribution in [-0.4, -0.2) is 16.9 Å². The Morgan fingerprint density at radius 1 is 1.67 bits per heavy atom. The van der Waals surface area contributed by atoms with Crippen LogP contribution in [-0.2, 0) is 4.79 Å². The third-order valence-corrected chi connectivity index (χ3v) is 2.01. The SMILES string of the molecule is Cc1ccnc(NC(=O)CCC(C)N)c1. The first kappa shape index (κ1) is 11.7. The number of aromatic nitrogens is 1. The van der Waals surface area contributed by atoms with Gasteiger partial charge in [-0.15, -0.1) is 0 Å². The predicted molar refractivity (Wildman–Crippen MR) is 60.5 cm³/mol. The quantitative estimate of drug-likeness (QED) is 0.785. The molecular weight excluding hydrogens is 190 g/mol. The molecule has 1 unspecified atom stereocenters. The molecule has 0 saturated carbocycles. The molecule has 15 heavy (non-hydrogen) atoms. The van der Waals surface area contributed by atoms with Crippen LogP contribution in [0.4, 0.5) is 5.82 Å². The lowest BCUT2D eigenvalue weighted by atomic mass is 10.2. The topological polar surface area (TPSA) is 68.0 Å². The maximum Gasteiger partial charge on any atom is 0.225 e. The van der Waals surface area contributed by atoms with Crippen LogP contribution in [0.5, 0.6) is 0 Å². The first-order chi connectivity index (χ1) is 7.08. The number of pyridine rings is 1. The molecule has 1 aromatic heterocycles. The fourth-order valence-corrected chi connectivity index (χ4v) is 1.17. The standard InChI is InChI=1S/C11H17N3O/c1-8-5-6-13-10(7-8)14-11(15)4-3-9(2)12/h5-7,9H,3-4,12H2,1-2H3,(H,13,14,15). The summed E-state index contributed by atoms with van der Waals surface area (Å²) < 4.78 is 0. The molecule has 82 valence electrons. The number of rotatable bonds is 4. The number of carbonyl (C=O) groups is 1. The highest BCUT2D eigenvalue weighted by molar-refractivity contribution is 5.89. The highest BCUT2D eigenvalue weighted by atomic mass is 16.1. The molecular formula is C11H17N3O. The second kappa shape index (κ2) is 5.46. The summed E-state index contributed by atoms with van der Waals surface area (Å²) in [7, 11) is 0. The van der Waals surface area contributed by atoms with Crippen LogP contribution >= 0.6 is 0 Å². The number of aryl methyl sites for hydroxylation is 1. The minimum absolute atomic E-state index is 0.0367. The average molecular weight is 207 g/mol. The van der Waals surface area contributed by atoms with E-state index < -0.39 is 0 Å². The van der Waals surface area contributed by atoms with Crippen molar-refractivity contribution in [3.05, 3.63) is 23.9 Å². The summed E-state index contributed by atoms with van der Waals surface area (Å²) in [5, 5.41) is 2.73. The van der Waals surface area contributed by atoms with E-state index in [-0.39, 0.29) is 11.9 Å². The van der Waals surface area contributed by atoms with Gasteiger partial charge in [-0.3, -0.25) is 4.79 Å². The first-order valence-corrected chi connectivity index (χ1v) is 5.06. The molecule has 4 nitrogen and oxygen atoms in total. The van der Waals surface area contributed by atoms with Gasteiger partial charge in [0.1, 0.15) is 5.82 Å². The van der Waals surface area contributed by atoms with Gasteiger partial charge in [-0.1, -0.05) is 0 Å². The molecule has 0 bridgehead atoms. The van der Waals surface area contributed by atoms with Crippen molar-refractivity contribution < 1.29 is 4.79 Å². The van der Waals surface area contributed by atoms with E-state index in [1.165, 1.54) is 0 Å². The fraction of sp³-hybridized carbons (Fsp3) is 0.455. The van der Waals surface area contributed by atoms with Crippen LogP contribution in [0.2, 0.25) is 0 Å². The lowest BCUT2D eigenvalue weighted by Crippen LogP contribution is -2.19. The molecule has 0 aromatic carbocycles. The Bertz CT molecular complexity index is 336. The Labute approximate surface area is 89.9 Å². The van der Waals surface area contributed by atoms with Crippen molar-refractivity contribution in [1.29, 1.82) is 0 Å². The van der Waals surface area contributed by atoms with E-state index in [9.17, 15) is 4.79 Å². The molecule has 0 fully saturated rings. The number of amides is 1. The van der Waals surface area contributed by atoms with E-state index in [0.717, 1.165) is 5.56 Å². The van der Waals surface area contributed by atoms with Crippen LogP contribution in [0, 0.1) is 6.92 Å². The van der Waals surface area contributed by atoms with Crippen molar-refractivity contribution in [1.82, 2.24) is 4.98 Å². The zero-order chi connectivity index (χ0) is 11.3. The van der Waals surface area contributed by atoms with E-state index >= 15 is 0 Å². The van der Waals surface area contributed by atoms with Crippen LogP contribution < -0.4 is 11.1 Å². The highest BCUT2D eigenvalue weighted by Gasteiger charge is 2.04. The normalized spacial score (nSPS) is 12.2. The van der Waals surface area contributed by atoms with Gasteiger partial charge < -0.3 is 11.1 Å². The monoisotopic (exact) mass is 207 g/mol. The molecule has 0 spiro atoms. The van der Waals surface area contributed by atoms with Crippen molar-refractivity contribution >= 4 is 11.7 Å². The molecule has 1 atom stereocenters. The largest absolute Gasteiger partial charge is 0.328 e. The molecule has 1 heterocycles. The van der Waals surface area contributed by atoms with Gasteiger partial charge in [-0.25, -0.2) is 4.98 Å². The van der Waals surface area contributed by atoms with E-state index in [1.807, 2.05) is 26.0 Å². The number of carbonyl (C=O) groups excluding carboxylic acids is 1. The summed E-state index contributed by atoms with van der Waals surface area (Å²) in [5.74, 6) is 0.565. The third-order valence-electron chi connectivity index (χ3n) is 2.01. The minimum Gasteiger partial charge on any atom is -0.328 e. The zero-order valence-corrected chi connectivity index (χ0v) is 9.16. The lowest BCUT2D eigenvalue weighted by molar-refractivity contribution is -0.116.